The summed E-state index contributed by atoms with van der Waals surface area (Å²) in [7, 11) is 0. The summed E-state index contributed by atoms with van der Waals surface area (Å²) in [4.78, 5) is 5.21. The van der Waals surface area contributed by atoms with Crippen molar-refractivity contribution in [3.63, 3.8) is 0 Å². The molecule has 9 aromatic carbocycles. The Morgan fingerprint density at radius 1 is 0.226 bits per heavy atom. The van der Waals surface area contributed by atoms with Crippen LogP contribution in [0.1, 0.15) is 0 Å². The average molecular weight is 790 g/mol. The van der Waals surface area contributed by atoms with Gasteiger partial charge in [0.25, 0.3) is 0 Å². The van der Waals surface area contributed by atoms with Gasteiger partial charge in [0.2, 0.25) is 0 Å². The van der Waals surface area contributed by atoms with E-state index in [9.17, 15) is 0 Å². The molecule has 0 atom stereocenters. The second-order valence-corrected chi connectivity index (χ2v) is 16.0. The van der Waals surface area contributed by atoms with E-state index in [-0.39, 0.29) is 0 Å². The van der Waals surface area contributed by atoms with E-state index in [0.717, 1.165) is 67.3 Å². The van der Waals surface area contributed by atoms with Gasteiger partial charge in [-0.25, -0.2) is 4.98 Å². The molecule has 290 valence electrons. The molecule has 0 fully saturated rings. The molecule has 0 aliphatic heterocycles. The minimum atomic E-state index is 0.944. The number of nitrogens with zero attached hydrogens (tertiary/aromatic N) is 3. The maximum atomic E-state index is 5.21. The summed E-state index contributed by atoms with van der Waals surface area (Å²) < 4.78 is 4.75. The summed E-state index contributed by atoms with van der Waals surface area (Å²) in [5.74, 6) is 0. The third-order valence-electron chi connectivity index (χ3n) is 12.3. The normalized spacial score (nSPS) is 11.5. The van der Waals surface area contributed by atoms with Crippen molar-refractivity contribution in [1.82, 2.24) is 14.1 Å². The molecule has 3 heteroatoms. The third-order valence-corrected chi connectivity index (χ3v) is 12.3. The number of hydrogen-bond acceptors (Lipinski definition) is 1. The number of hydrogen-bond donors (Lipinski definition) is 0. The van der Waals surface area contributed by atoms with Crippen molar-refractivity contribution < 1.29 is 0 Å². The zero-order valence-corrected chi connectivity index (χ0v) is 33.9. The SMILES string of the molecule is c1ccc(-c2cc(-c3cc(-c4ccc(-n5c6ccccc6c6ccccc65)cc4)cc(-c4ccc(-n5c6ccccc6c6ccccc65)cc4)c3)cc(-c3ccccc3)n2)cc1. The molecule has 0 radical (unpaired) electrons. The van der Waals surface area contributed by atoms with E-state index >= 15 is 0 Å². The lowest BCUT2D eigenvalue weighted by molar-refractivity contribution is 1.18. The standard InChI is InChI=1S/C59H39N3/c1-3-15-42(16-4-1)54-38-47(39-55(60-54)43-17-5-2-6-18-43)46-36-44(40-27-31-48(32-28-40)61-56-23-11-7-19-50(56)51-20-8-12-24-57(51)61)35-45(37-46)41-29-33-49(34-30-41)62-58-25-13-9-21-52(58)53-22-10-14-26-59(53)62/h1-39H. The van der Waals surface area contributed by atoms with Gasteiger partial charge in [0.05, 0.1) is 33.5 Å². The van der Waals surface area contributed by atoms with Crippen LogP contribution in [0.15, 0.2) is 237 Å². The van der Waals surface area contributed by atoms with E-state index in [2.05, 4.69) is 246 Å². The molecule has 3 nitrogen and oxygen atoms in total. The predicted molar refractivity (Wildman–Crippen MR) is 260 cm³/mol. The molecule has 3 aromatic heterocycles. The molecule has 0 unspecified atom stereocenters. The summed E-state index contributed by atoms with van der Waals surface area (Å²) in [6, 6.07) is 85.3. The van der Waals surface area contributed by atoms with Gasteiger partial charge < -0.3 is 9.13 Å². The Labute approximate surface area is 360 Å². The van der Waals surface area contributed by atoms with Crippen LogP contribution in [0.4, 0.5) is 0 Å². The van der Waals surface area contributed by atoms with Crippen molar-refractivity contribution in [2.45, 2.75) is 0 Å². The van der Waals surface area contributed by atoms with Gasteiger partial charge in [0.15, 0.2) is 0 Å². The topological polar surface area (TPSA) is 22.8 Å². The first kappa shape index (κ1) is 35.7. The highest BCUT2D eigenvalue weighted by Crippen LogP contribution is 2.39. The van der Waals surface area contributed by atoms with Crippen LogP contribution in [0.5, 0.6) is 0 Å². The fraction of sp³-hybridized carbons (Fsp3) is 0. The first-order valence-corrected chi connectivity index (χ1v) is 21.2. The zero-order chi connectivity index (χ0) is 41.0. The number of pyridine rings is 1. The van der Waals surface area contributed by atoms with Crippen LogP contribution in [-0.4, -0.2) is 14.1 Å². The summed E-state index contributed by atoms with van der Waals surface area (Å²) in [6.45, 7) is 0. The van der Waals surface area contributed by atoms with E-state index in [1.165, 1.54) is 43.6 Å². The van der Waals surface area contributed by atoms with Crippen LogP contribution in [0.3, 0.4) is 0 Å². The number of fused-ring (bicyclic) bond motifs is 6. The first-order valence-electron chi connectivity index (χ1n) is 21.2. The predicted octanol–water partition coefficient (Wildman–Crippen LogP) is 15.6. The molecule has 0 bridgehead atoms. The van der Waals surface area contributed by atoms with Crippen molar-refractivity contribution in [1.29, 1.82) is 0 Å². The van der Waals surface area contributed by atoms with Gasteiger partial charge >= 0.3 is 0 Å². The molecule has 0 aliphatic rings. The van der Waals surface area contributed by atoms with Crippen LogP contribution in [0, 0.1) is 0 Å². The van der Waals surface area contributed by atoms with Crippen LogP contribution >= 0.6 is 0 Å². The molecule has 0 N–H and O–H groups in total. The minimum Gasteiger partial charge on any atom is -0.309 e. The lowest BCUT2D eigenvalue weighted by atomic mass is 9.92. The first-order chi connectivity index (χ1) is 30.7. The summed E-state index contributed by atoms with van der Waals surface area (Å²) >= 11 is 0. The van der Waals surface area contributed by atoms with E-state index in [4.69, 9.17) is 4.98 Å². The molecule has 3 heterocycles. The lowest BCUT2D eigenvalue weighted by Crippen LogP contribution is -1.95. The Hall–Kier alpha value is -8.27. The molecule has 0 spiro atoms. The smallest absolute Gasteiger partial charge is 0.0715 e. The lowest BCUT2D eigenvalue weighted by Gasteiger charge is -2.15. The monoisotopic (exact) mass is 789 g/mol. The highest BCUT2D eigenvalue weighted by molar-refractivity contribution is 6.10. The molecule has 62 heavy (non-hydrogen) atoms. The highest BCUT2D eigenvalue weighted by atomic mass is 15.0. The molecule has 0 saturated carbocycles. The molecule has 12 aromatic rings. The minimum absolute atomic E-state index is 0.944. The summed E-state index contributed by atoms with van der Waals surface area (Å²) in [6.07, 6.45) is 0. The van der Waals surface area contributed by atoms with Gasteiger partial charge in [-0.15, -0.1) is 0 Å². The van der Waals surface area contributed by atoms with Crippen molar-refractivity contribution in [3.8, 4) is 67.3 Å². The second kappa shape index (κ2) is 14.8. The Morgan fingerprint density at radius 2 is 0.516 bits per heavy atom. The largest absolute Gasteiger partial charge is 0.309 e. The van der Waals surface area contributed by atoms with Crippen molar-refractivity contribution in [3.05, 3.63) is 237 Å². The van der Waals surface area contributed by atoms with E-state index in [1.54, 1.807) is 0 Å². The number of aromatic nitrogens is 3. The molecule has 12 rings (SSSR count). The quantitative estimate of drug-likeness (QED) is 0.158. The molecule has 0 amide bonds. The molecule has 0 saturated heterocycles. The van der Waals surface area contributed by atoms with Crippen molar-refractivity contribution >= 4 is 43.6 Å². The van der Waals surface area contributed by atoms with Crippen LogP contribution in [0.25, 0.3) is 111 Å². The highest BCUT2D eigenvalue weighted by Gasteiger charge is 2.16. The van der Waals surface area contributed by atoms with Gasteiger partial charge in [-0.05, 0) is 112 Å². The number of benzene rings is 9. The zero-order valence-electron chi connectivity index (χ0n) is 33.9. The Kier molecular flexibility index (Phi) is 8.50. The van der Waals surface area contributed by atoms with Crippen LogP contribution in [-0.2, 0) is 0 Å². The molecule has 0 aliphatic carbocycles. The van der Waals surface area contributed by atoms with Gasteiger partial charge in [0, 0.05) is 44.0 Å². The van der Waals surface area contributed by atoms with Gasteiger partial charge in [-0.1, -0.05) is 158 Å². The molecular weight excluding hydrogens is 751 g/mol. The van der Waals surface area contributed by atoms with Crippen LogP contribution in [0.2, 0.25) is 0 Å². The summed E-state index contributed by atoms with van der Waals surface area (Å²) in [5.41, 5.74) is 18.0. The fourth-order valence-corrected chi connectivity index (χ4v) is 9.35. The van der Waals surface area contributed by atoms with Crippen molar-refractivity contribution in [2.75, 3.05) is 0 Å². The Morgan fingerprint density at radius 3 is 0.871 bits per heavy atom. The fourth-order valence-electron chi connectivity index (χ4n) is 9.35. The van der Waals surface area contributed by atoms with Gasteiger partial charge in [0.1, 0.15) is 0 Å². The maximum absolute atomic E-state index is 5.21. The number of rotatable bonds is 7. The van der Waals surface area contributed by atoms with Crippen molar-refractivity contribution in [2.24, 2.45) is 0 Å². The van der Waals surface area contributed by atoms with Gasteiger partial charge in [-0.3, -0.25) is 0 Å². The van der Waals surface area contributed by atoms with Crippen LogP contribution < -0.4 is 0 Å². The second-order valence-electron chi connectivity index (χ2n) is 16.0. The van der Waals surface area contributed by atoms with E-state index in [0.29, 0.717) is 0 Å². The molecular formula is C59H39N3. The number of para-hydroxylation sites is 4. The third kappa shape index (κ3) is 6.10. The maximum Gasteiger partial charge on any atom is 0.0715 e. The van der Waals surface area contributed by atoms with E-state index in [1.807, 2.05) is 0 Å². The Bertz CT molecular complexity index is 3260. The summed E-state index contributed by atoms with van der Waals surface area (Å²) in [5, 5.41) is 5.04. The van der Waals surface area contributed by atoms with Gasteiger partial charge in [-0.2, -0.15) is 0 Å². The average Bonchev–Trinajstić information content (AvgIpc) is 3.87. The Balaban J connectivity index is 1.02. The van der Waals surface area contributed by atoms with E-state index < -0.39 is 0 Å².